The first-order chi connectivity index (χ1) is 19.0. The maximum Gasteiger partial charge on any atom is 0.329 e. The predicted molar refractivity (Wildman–Crippen MR) is 150 cm³/mol. The zero-order valence-corrected chi connectivity index (χ0v) is 24.2. The molecule has 0 unspecified atom stereocenters. The van der Waals surface area contributed by atoms with E-state index in [2.05, 4.69) is 17.6 Å². The van der Waals surface area contributed by atoms with Crippen LogP contribution in [0.3, 0.4) is 0 Å². The first-order valence-electron chi connectivity index (χ1n) is 13.8. The normalized spacial score (nSPS) is 13.1. The number of aliphatic carboxylic acids is 2. The van der Waals surface area contributed by atoms with E-state index >= 15 is 0 Å². The molecule has 3 atom stereocenters. The number of carboxylic acid groups (broad SMARTS) is 2. The number of amides is 3. The lowest BCUT2D eigenvalue weighted by molar-refractivity contribution is -0.157. The van der Waals surface area contributed by atoms with Gasteiger partial charge < -0.3 is 37.1 Å². The van der Waals surface area contributed by atoms with E-state index in [1.165, 1.54) is 32.1 Å². The van der Waals surface area contributed by atoms with Gasteiger partial charge in [0.1, 0.15) is 12.1 Å². The number of hydrogen-bond acceptors (Lipinski definition) is 9. The van der Waals surface area contributed by atoms with Gasteiger partial charge in [-0.1, -0.05) is 58.3 Å². The van der Waals surface area contributed by atoms with E-state index in [4.69, 9.17) is 26.4 Å². The summed E-state index contributed by atoms with van der Waals surface area (Å²) in [6.07, 6.45) is 7.71. The number of esters is 1. The third kappa shape index (κ3) is 20.1. The van der Waals surface area contributed by atoms with E-state index in [1.807, 2.05) is 0 Å². The number of thioether (sulfide) groups is 1. The lowest BCUT2D eigenvalue weighted by atomic mass is 10.1. The third-order valence-corrected chi connectivity index (χ3v) is 7.01. The highest BCUT2D eigenvalue weighted by Gasteiger charge is 2.29. The van der Waals surface area contributed by atoms with Crippen LogP contribution in [0.15, 0.2) is 0 Å². The van der Waals surface area contributed by atoms with Gasteiger partial charge in [-0.25, -0.2) is 4.79 Å². The van der Waals surface area contributed by atoms with Gasteiger partial charge >= 0.3 is 17.9 Å². The highest BCUT2D eigenvalue weighted by atomic mass is 32.2. The molecule has 0 bridgehead atoms. The molecule has 0 heterocycles. The van der Waals surface area contributed by atoms with Gasteiger partial charge in [-0.05, 0) is 12.8 Å². The Bertz CT molecular complexity index is 813. The van der Waals surface area contributed by atoms with Crippen molar-refractivity contribution >= 4 is 47.4 Å². The van der Waals surface area contributed by atoms with Crippen LogP contribution < -0.4 is 22.1 Å². The minimum Gasteiger partial charge on any atom is -0.481 e. The monoisotopic (exact) mass is 590 g/mol. The van der Waals surface area contributed by atoms with Crippen molar-refractivity contribution in [3.05, 3.63) is 0 Å². The van der Waals surface area contributed by atoms with Crippen molar-refractivity contribution in [2.75, 3.05) is 18.1 Å². The standard InChI is InChI=1S/C26H46N4O9S/c1-2-3-4-5-6-7-8-9-10-11-22(32)30-19(12-13-21(28)31)26(38)39-20(17-40-16-18(27)25(36)37)24(35)29-15-14-23(33)34/h18-20H,2-17,27H2,1H3,(H2,28,31)(H,29,35)(H,30,32)(H,33,34)(H,36,37)/t18-,19+,20+/m0/s1. The third-order valence-electron chi connectivity index (χ3n) is 5.88. The summed E-state index contributed by atoms with van der Waals surface area (Å²) < 4.78 is 5.33. The molecule has 0 aliphatic rings. The van der Waals surface area contributed by atoms with Gasteiger partial charge in [0.05, 0.1) is 6.42 Å². The van der Waals surface area contributed by atoms with Crippen LogP contribution in [0.5, 0.6) is 0 Å². The Kier molecular flexibility index (Phi) is 21.3. The Hall–Kier alpha value is -2.87. The van der Waals surface area contributed by atoms with E-state index in [0.717, 1.165) is 31.0 Å². The molecule has 230 valence electrons. The number of carbonyl (C=O) groups is 6. The summed E-state index contributed by atoms with van der Waals surface area (Å²) in [7, 11) is 0. The molecule has 0 saturated heterocycles. The summed E-state index contributed by atoms with van der Waals surface area (Å²) in [6.45, 7) is 1.95. The SMILES string of the molecule is CCCCCCCCCCCC(=O)N[C@H](CCC(N)=O)C(=O)O[C@H](CSC[C@H](N)C(=O)O)C(=O)NCCC(=O)O. The number of carbonyl (C=O) groups excluding carboxylic acids is 4. The number of primary amides is 1. The van der Waals surface area contributed by atoms with Crippen LogP contribution in [0.4, 0.5) is 0 Å². The lowest BCUT2D eigenvalue weighted by Gasteiger charge is -2.22. The van der Waals surface area contributed by atoms with E-state index in [9.17, 15) is 28.8 Å². The molecule has 13 nitrogen and oxygen atoms in total. The van der Waals surface area contributed by atoms with Crippen molar-refractivity contribution in [2.24, 2.45) is 11.5 Å². The molecule has 0 fully saturated rings. The molecule has 0 aromatic carbocycles. The summed E-state index contributed by atoms with van der Waals surface area (Å²) >= 11 is 0.953. The van der Waals surface area contributed by atoms with Crippen LogP contribution in [0.1, 0.15) is 90.4 Å². The van der Waals surface area contributed by atoms with Crippen molar-refractivity contribution in [3.8, 4) is 0 Å². The molecule has 0 aromatic heterocycles. The molecule has 0 saturated carbocycles. The van der Waals surface area contributed by atoms with Crippen LogP contribution >= 0.6 is 11.8 Å². The maximum absolute atomic E-state index is 12.9. The smallest absolute Gasteiger partial charge is 0.329 e. The summed E-state index contributed by atoms with van der Waals surface area (Å²) in [6, 6.07) is -2.45. The molecule has 0 rings (SSSR count). The van der Waals surface area contributed by atoms with Crippen LogP contribution in [-0.4, -0.2) is 82.1 Å². The van der Waals surface area contributed by atoms with Gasteiger partial charge in [-0.15, -0.1) is 0 Å². The lowest BCUT2D eigenvalue weighted by Crippen LogP contribution is -2.47. The van der Waals surface area contributed by atoms with Crippen LogP contribution in [0, 0.1) is 0 Å². The minimum atomic E-state index is -1.42. The Morgan fingerprint density at radius 1 is 0.850 bits per heavy atom. The first kappa shape index (κ1) is 37.1. The van der Waals surface area contributed by atoms with E-state index in [1.54, 1.807) is 0 Å². The van der Waals surface area contributed by atoms with E-state index in [-0.39, 0.29) is 43.7 Å². The van der Waals surface area contributed by atoms with Crippen LogP contribution in [0.25, 0.3) is 0 Å². The van der Waals surface area contributed by atoms with Gasteiger partial charge in [-0.3, -0.25) is 24.0 Å². The topological polar surface area (TPSA) is 228 Å². The van der Waals surface area contributed by atoms with Crippen LogP contribution in [0.2, 0.25) is 0 Å². The second kappa shape index (κ2) is 22.9. The number of ether oxygens (including phenoxy) is 1. The summed E-state index contributed by atoms with van der Waals surface area (Å²) in [4.78, 5) is 71.0. The number of unbranched alkanes of at least 4 members (excludes halogenated alkanes) is 8. The summed E-state index contributed by atoms with van der Waals surface area (Å²) in [5.41, 5.74) is 10.7. The number of carboxylic acids is 2. The minimum absolute atomic E-state index is 0.0770. The Morgan fingerprint density at radius 2 is 1.45 bits per heavy atom. The van der Waals surface area contributed by atoms with Crippen molar-refractivity contribution in [2.45, 2.75) is 109 Å². The summed E-state index contributed by atoms with van der Waals surface area (Å²) in [5.74, 6) is -5.48. The largest absolute Gasteiger partial charge is 0.481 e. The quantitative estimate of drug-likeness (QED) is 0.0655. The van der Waals surface area contributed by atoms with E-state index in [0.29, 0.717) is 6.42 Å². The highest BCUT2D eigenvalue weighted by molar-refractivity contribution is 7.99. The number of nitrogens with two attached hydrogens (primary N) is 2. The Labute approximate surface area is 239 Å². The molecule has 0 spiro atoms. The fourth-order valence-corrected chi connectivity index (χ4v) is 4.53. The second-order valence-electron chi connectivity index (χ2n) is 9.55. The molecule has 8 N–H and O–H groups in total. The van der Waals surface area contributed by atoms with Gasteiger partial charge in [0.15, 0.2) is 6.10 Å². The van der Waals surface area contributed by atoms with E-state index < -0.39 is 53.8 Å². The molecule has 3 amide bonds. The zero-order valence-electron chi connectivity index (χ0n) is 23.4. The molecule has 14 heteroatoms. The predicted octanol–water partition coefficient (Wildman–Crippen LogP) is 1.31. The van der Waals surface area contributed by atoms with Gasteiger partial charge in [0, 0.05) is 30.9 Å². The molecule has 0 radical (unpaired) electrons. The Balaban J connectivity index is 5.02. The first-order valence-corrected chi connectivity index (χ1v) is 15.0. The van der Waals surface area contributed by atoms with Crippen molar-refractivity contribution in [1.82, 2.24) is 10.6 Å². The fraction of sp³-hybridized carbons (Fsp3) is 0.769. The fourth-order valence-electron chi connectivity index (χ4n) is 3.56. The van der Waals surface area contributed by atoms with Crippen molar-refractivity contribution in [1.29, 1.82) is 0 Å². The average Bonchev–Trinajstić information content (AvgIpc) is 2.88. The highest BCUT2D eigenvalue weighted by Crippen LogP contribution is 2.13. The molecule has 0 aliphatic heterocycles. The molecular weight excluding hydrogens is 544 g/mol. The number of rotatable bonds is 25. The van der Waals surface area contributed by atoms with Gasteiger partial charge in [-0.2, -0.15) is 11.8 Å². The Morgan fingerprint density at radius 3 is 2.00 bits per heavy atom. The molecule has 40 heavy (non-hydrogen) atoms. The maximum atomic E-state index is 12.9. The number of hydrogen-bond donors (Lipinski definition) is 6. The van der Waals surface area contributed by atoms with Gasteiger partial charge in [0.25, 0.3) is 5.91 Å². The van der Waals surface area contributed by atoms with Crippen molar-refractivity contribution in [3.63, 3.8) is 0 Å². The van der Waals surface area contributed by atoms with Gasteiger partial charge in [0.2, 0.25) is 11.8 Å². The second-order valence-corrected chi connectivity index (χ2v) is 10.6. The molecule has 0 aromatic rings. The molecular formula is C26H46N4O9S. The van der Waals surface area contributed by atoms with Crippen molar-refractivity contribution < 1.29 is 43.7 Å². The zero-order chi connectivity index (χ0) is 30.3. The number of nitrogens with one attached hydrogen (secondary N) is 2. The average molecular weight is 591 g/mol. The molecule has 0 aliphatic carbocycles. The summed E-state index contributed by atoms with van der Waals surface area (Å²) in [5, 5.41) is 22.6. The van der Waals surface area contributed by atoms with Crippen LogP contribution in [-0.2, 0) is 33.5 Å².